The number of aromatic nitrogens is 2. The quantitative estimate of drug-likeness (QED) is 0.661. The van der Waals surface area contributed by atoms with Crippen molar-refractivity contribution in [3.05, 3.63) is 43.2 Å². The largest absolute Gasteiger partial charge is 0.421 e. The molecular weight excluding hydrogens is 164 g/mol. The van der Waals surface area contributed by atoms with Gasteiger partial charge in [0.05, 0.1) is 0 Å². The lowest BCUT2D eigenvalue weighted by atomic mass is 10.2. The SMILES string of the molecule is C=C/C=C(\C=C)c1nnc(CC)o1. The van der Waals surface area contributed by atoms with E-state index >= 15 is 0 Å². The van der Waals surface area contributed by atoms with Crippen molar-refractivity contribution in [2.75, 3.05) is 0 Å². The van der Waals surface area contributed by atoms with Crippen LogP contribution in [0, 0.1) is 0 Å². The highest BCUT2D eigenvalue weighted by Gasteiger charge is 2.05. The van der Waals surface area contributed by atoms with Crippen LogP contribution in [0.5, 0.6) is 0 Å². The van der Waals surface area contributed by atoms with Gasteiger partial charge < -0.3 is 4.42 Å². The highest BCUT2D eigenvalue weighted by atomic mass is 16.4. The average Bonchev–Trinajstić information content (AvgIpc) is 2.62. The van der Waals surface area contributed by atoms with Crippen molar-refractivity contribution < 1.29 is 4.42 Å². The van der Waals surface area contributed by atoms with Gasteiger partial charge in [0, 0.05) is 12.0 Å². The second-order valence-corrected chi connectivity index (χ2v) is 2.42. The topological polar surface area (TPSA) is 38.9 Å². The first-order valence-electron chi connectivity index (χ1n) is 4.09. The van der Waals surface area contributed by atoms with Crippen LogP contribution in [-0.2, 0) is 6.42 Å². The molecule has 0 amide bonds. The molecule has 0 aliphatic heterocycles. The van der Waals surface area contributed by atoms with Crippen molar-refractivity contribution in [2.24, 2.45) is 0 Å². The van der Waals surface area contributed by atoms with Crippen LogP contribution in [0.4, 0.5) is 0 Å². The number of rotatable bonds is 4. The molecule has 0 spiro atoms. The molecule has 1 rings (SSSR count). The summed E-state index contributed by atoms with van der Waals surface area (Å²) in [6, 6.07) is 0. The van der Waals surface area contributed by atoms with Gasteiger partial charge in [-0.15, -0.1) is 10.2 Å². The molecule has 68 valence electrons. The molecule has 3 nitrogen and oxygen atoms in total. The Morgan fingerprint density at radius 2 is 2.23 bits per heavy atom. The maximum absolute atomic E-state index is 5.33. The molecule has 0 fully saturated rings. The molecule has 0 saturated carbocycles. The van der Waals surface area contributed by atoms with E-state index in [0.29, 0.717) is 11.8 Å². The summed E-state index contributed by atoms with van der Waals surface area (Å²) in [6.45, 7) is 9.19. The van der Waals surface area contributed by atoms with E-state index in [1.165, 1.54) is 0 Å². The van der Waals surface area contributed by atoms with Gasteiger partial charge in [-0.3, -0.25) is 0 Å². The monoisotopic (exact) mass is 176 g/mol. The fourth-order valence-electron chi connectivity index (χ4n) is 0.867. The van der Waals surface area contributed by atoms with Crippen LogP contribution in [0.1, 0.15) is 18.7 Å². The first kappa shape index (κ1) is 9.45. The highest BCUT2D eigenvalue weighted by Crippen LogP contribution is 2.13. The van der Waals surface area contributed by atoms with Crippen LogP contribution in [0.3, 0.4) is 0 Å². The molecule has 3 heteroatoms. The molecular formula is C10H12N2O. The van der Waals surface area contributed by atoms with E-state index in [9.17, 15) is 0 Å². The molecule has 1 aromatic rings. The van der Waals surface area contributed by atoms with Crippen molar-refractivity contribution in [3.8, 4) is 0 Å². The van der Waals surface area contributed by atoms with E-state index < -0.39 is 0 Å². The van der Waals surface area contributed by atoms with Crippen LogP contribution in [0.15, 0.2) is 35.8 Å². The number of hydrogen-bond acceptors (Lipinski definition) is 3. The maximum atomic E-state index is 5.33. The van der Waals surface area contributed by atoms with E-state index in [1.54, 1.807) is 18.2 Å². The molecule has 1 heterocycles. The Bertz CT molecular complexity index is 336. The Labute approximate surface area is 77.5 Å². The van der Waals surface area contributed by atoms with Crippen LogP contribution in [0.2, 0.25) is 0 Å². The molecule has 0 bridgehead atoms. The Morgan fingerprint density at radius 1 is 1.46 bits per heavy atom. The molecule has 0 aromatic carbocycles. The van der Waals surface area contributed by atoms with E-state index in [1.807, 2.05) is 6.92 Å². The summed E-state index contributed by atoms with van der Waals surface area (Å²) in [6.07, 6.45) is 5.84. The summed E-state index contributed by atoms with van der Waals surface area (Å²) < 4.78 is 5.33. The molecule has 0 atom stereocenters. The van der Waals surface area contributed by atoms with E-state index in [-0.39, 0.29) is 0 Å². The van der Waals surface area contributed by atoms with Gasteiger partial charge in [-0.05, 0) is 0 Å². The third-order valence-corrected chi connectivity index (χ3v) is 1.53. The lowest BCUT2D eigenvalue weighted by Gasteiger charge is -1.90. The Balaban J connectivity index is 2.98. The van der Waals surface area contributed by atoms with Gasteiger partial charge in [-0.1, -0.05) is 38.3 Å². The minimum atomic E-state index is 0.492. The van der Waals surface area contributed by atoms with Crippen molar-refractivity contribution in [3.63, 3.8) is 0 Å². The molecule has 0 N–H and O–H groups in total. The lowest BCUT2D eigenvalue weighted by molar-refractivity contribution is 0.489. The number of allylic oxidation sites excluding steroid dienone is 4. The minimum absolute atomic E-state index is 0.492. The third-order valence-electron chi connectivity index (χ3n) is 1.53. The summed E-state index contributed by atoms with van der Waals surface area (Å²) in [5, 5.41) is 7.72. The zero-order chi connectivity index (χ0) is 9.68. The van der Waals surface area contributed by atoms with Gasteiger partial charge in [-0.2, -0.15) is 0 Å². The van der Waals surface area contributed by atoms with Crippen LogP contribution in [0.25, 0.3) is 5.57 Å². The highest BCUT2D eigenvalue weighted by molar-refractivity contribution is 5.68. The van der Waals surface area contributed by atoms with Gasteiger partial charge in [-0.25, -0.2) is 0 Å². The van der Waals surface area contributed by atoms with Gasteiger partial charge in [0.25, 0.3) is 0 Å². The standard InChI is InChI=1S/C10H12N2O/c1-4-7-8(5-2)10-12-11-9(6-3)13-10/h4-5,7H,1-2,6H2,3H3/b8-7+. The molecule has 0 aliphatic rings. The summed E-state index contributed by atoms with van der Waals surface area (Å²) in [5.74, 6) is 1.12. The first-order chi connectivity index (χ1) is 6.31. The summed E-state index contributed by atoms with van der Waals surface area (Å²) in [7, 11) is 0. The van der Waals surface area contributed by atoms with Crippen LogP contribution < -0.4 is 0 Å². The van der Waals surface area contributed by atoms with E-state index in [2.05, 4.69) is 23.4 Å². The third kappa shape index (κ3) is 2.15. The molecule has 0 saturated heterocycles. The van der Waals surface area contributed by atoms with Crippen molar-refractivity contribution in [1.82, 2.24) is 10.2 Å². The Kier molecular flexibility index (Phi) is 3.20. The fourth-order valence-corrected chi connectivity index (χ4v) is 0.867. The first-order valence-corrected chi connectivity index (χ1v) is 4.09. The second-order valence-electron chi connectivity index (χ2n) is 2.42. The fraction of sp³-hybridized carbons (Fsp3) is 0.200. The zero-order valence-electron chi connectivity index (χ0n) is 7.66. The summed E-state index contributed by atoms with van der Waals surface area (Å²) in [4.78, 5) is 0. The maximum Gasteiger partial charge on any atom is 0.247 e. The number of nitrogens with zero attached hydrogens (tertiary/aromatic N) is 2. The van der Waals surface area contributed by atoms with Gasteiger partial charge >= 0.3 is 0 Å². The molecule has 0 aliphatic carbocycles. The van der Waals surface area contributed by atoms with E-state index in [4.69, 9.17) is 4.42 Å². The summed E-state index contributed by atoms with van der Waals surface area (Å²) >= 11 is 0. The molecule has 13 heavy (non-hydrogen) atoms. The van der Waals surface area contributed by atoms with Crippen LogP contribution in [-0.4, -0.2) is 10.2 Å². The van der Waals surface area contributed by atoms with Crippen molar-refractivity contribution in [2.45, 2.75) is 13.3 Å². The zero-order valence-corrected chi connectivity index (χ0v) is 7.66. The summed E-state index contributed by atoms with van der Waals surface area (Å²) in [5.41, 5.74) is 0.794. The predicted octanol–water partition coefficient (Wildman–Crippen LogP) is 2.39. The Morgan fingerprint density at radius 3 is 2.69 bits per heavy atom. The normalized spacial score (nSPS) is 11.3. The van der Waals surface area contributed by atoms with E-state index in [0.717, 1.165) is 12.0 Å². The molecule has 1 aromatic heterocycles. The smallest absolute Gasteiger partial charge is 0.247 e. The molecule has 0 unspecified atom stereocenters. The lowest BCUT2D eigenvalue weighted by Crippen LogP contribution is -1.79. The Hall–Kier alpha value is -1.64. The van der Waals surface area contributed by atoms with Crippen molar-refractivity contribution >= 4 is 5.57 Å². The van der Waals surface area contributed by atoms with Gasteiger partial charge in [0.2, 0.25) is 11.8 Å². The molecule has 0 radical (unpaired) electrons. The van der Waals surface area contributed by atoms with Crippen LogP contribution >= 0.6 is 0 Å². The second kappa shape index (κ2) is 4.40. The van der Waals surface area contributed by atoms with Gasteiger partial charge in [0.15, 0.2) is 0 Å². The number of aryl methyl sites for hydroxylation is 1. The predicted molar refractivity (Wildman–Crippen MR) is 52.0 cm³/mol. The van der Waals surface area contributed by atoms with Gasteiger partial charge in [0.1, 0.15) is 0 Å². The number of hydrogen-bond donors (Lipinski definition) is 0. The van der Waals surface area contributed by atoms with Crippen molar-refractivity contribution in [1.29, 1.82) is 0 Å². The average molecular weight is 176 g/mol. The minimum Gasteiger partial charge on any atom is -0.421 e.